The van der Waals surface area contributed by atoms with Crippen LogP contribution in [0.4, 0.5) is 10.1 Å². The molecule has 4 nitrogen and oxygen atoms in total. The zero-order valence-corrected chi connectivity index (χ0v) is 10.0. The second-order valence-electron chi connectivity index (χ2n) is 4.30. The van der Waals surface area contributed by atoms with Crippen molar-refractivity contribution in [3.8, 4) is 0 Å². The molecule has 0 bridgehead atoms. The summed E-state index contributed by atoms with van der Waals surface area (Å²) >= 11 is 3.25. The number of carboxylic acid groups (broad SMARTS) is 1. The number of halogens is 2. The van der Waals surface area contributed by atoms with Crippen LogP contribution in [-0.2, 0) is 15.0 Å². The van der Waals surface area contributed by atoms with Gasteiger partial charge in [0, 0.05) is 10.0 Å². The number of hydrogen-bond acceptors (Lipinski definition) is 2. The molecule has 2 atom stereocenters. The monoisotopic (exact) mass is 299 g/mol. The molecule has 1 saturated carbocycles. The van der Waals surface area contributed by atoms with Gasteiger partial charge in [-0.05, 0) is 18.6 Å². The fourth-order valence-electron chi connectivity index (χ4n) is 2.54. The van der Waals surface area contributed by atoms with E-state index in [1.807, 2.05) is 0 Å². The van der Waals surface area contributed by atoms with Crippen molar-refractivity contribution < 1.29 is 19.1 Å². The molecular formula is C11H7BrFNO3. The topological polar surface area (TPSA) is 66.4 Å². The second kappa shape index (κ2) is 3.07. The molecule has 1 aliphatic heterocycles. The molecule has 2 N–H and O–H groups in total. The first-order valence-electron chi connectivity index (χ1n) is 5.01. The van der Waals surface area contributed by atoms with Crippen molar-refractivity contribution in [3.63, 3.8) is 0 Å². The predicted molar refractivity (Wildman–Crippen MR) is 60.2 cm³/mol. The van der Waals surface area contributed by atoms with Gasteiger partial charge in [-0.3, -0.25) is 9.59 Å². The van der Waals surface area contributed by atoms with E-state index in [2.05, 4.69) is 21.2 Å². The maximum absolute atomic E-state index is 13.6. The van der Waals surface area contributed by atoms with Gasteiger partial charge in [0.15, 0.2) is 0 Å². The SMILES string of the molecule is O=C(O)C1CC12C(=O)Nc1c(F)ccc(Br)c12. The number of carboxylic acids is 1. The minimum Gasteiger partial charge on any atom is -0.481 e. The molecule has 1 aromatic carbocycles. The lowest BCUT2D eigenvalue weighted by Crippen LogP contribution is -2.24. The van der Waals surface area contributed by atoms with Crippen molar-refractivity contribution in [2.45, 2.75) is 11.8 Å². The van der Waals surface area contributed by atoms with Gasteiger partial charge in [0.05, 0.1) is 17.0 Å². The third kappa shape index (κ3) is 1.16. The smallest absolute Gasteiger partial charge is 0.307 e. The quantitative estimate of drug-likeness (QED) is 0.832. The molecule has 1 aliphatic carbocycles. The number of aliphatic carboxylic acids is 1. The van der Waals surface area contributed by atoms with E-state index in [1.165, 1.54) is 12.1 Å². The molecule has 0 radical (unpaired) electrons. The average molecular weight is 300 g/mol. The van der Waals surface area contributed by atoms with E-state index in [4.69, 9.17) is 5.11 Å². The molecule has 1 fully saturated rings. The zero-order chi connectivity index (χ0) is 12.4. The Morgan fingerprint density at radius 2 is 2.29 bits per heavy atom. The molecule has 0 aromatic heterocycles. The molecule has 3 rings (SSSR count). The molecule has 1 heterocycles. The number of nitrogens with one attached hydrogen (secondary N) is 1. The molecule has 17 heavy (non-hydrogen) atoms. The highest BCUT2D eigenvalue weighted by molar-refractivity contribution is 9.10. The lowest BCUT2D eigenvalue weighted by molar-refractivity contribution is -0.140. The summed E-state index contributed by atoms with van der Waals surface area (Å²) in [6, 6.07) is 2.73. The van der Waals surface area contributed by atoms with Crippen molar-refractivity contribution >= 4 is 33.5 Å². The van der Waals surface area contributed by atoms with E-state index in [0.717, 1.165) is 0 Å². The maximum atomic E-state index is 13.6. The van der Waals surface area contributed by atoms with Crippen LogP contribution in [-0.4, -0.2) is 17.0 Å². The van der Waals surface area contributed by atoms with Crippen molar-refractivity contribution in [3.05, 3.63) is 28.0 Å². The lowest BCUT2D eigenvalue weighted by Gasteiger charge is -2.08. The fraction of sp³-hybridized carbons (Fsp3) is 0.273. The molecule has 1 amide bonds. The van der Waals surface area contributed by atoms with Crippen molar-refractivity contribution in [2.75, 3.05) is 5.32 Å². The number of benzene rings is 1. The summed E-state index contributed by atoms with van der Waals surface area (Å²) in [5.41, 5.74) is -0.537. The second-order valence-corrected chi connectivity index (χ2v) is 5.15. The molecule has 6 heteroatoms. The average Bonchev–Trinajstić information content (AvgIpc) is 2.92. The molecule has 2 unspecified atom stereocenters. The Balaban J connectivity index is 2.22. The van der Waals surface area contributed by atoms with Crippen LogP contribution in [0.5, 0.6) is 0 Å². The number of rotatable bonds is 1. The van der Waals surface area contributed by atoms with Gasteiger partial charge in [0.25, 0.3) is 0 Å². The van der Waals surface area contributed by atoms with Crippen LogP contribution in [0.3, 0.4) is 0 Å². The van der Waals surface area contributed by atoms with Crippen LogP contribution >= 0.6 is 15.9 Å². The summed E-state index contributed by atoms with van der Waals surface area (Å²) in [7, 11) is 0. The Labute approximate surface area is 104 Å². The highest BCUT2D eigenvalue weighted by Crippen LogP contribution is 2.62. The molecule has 1 aromatic rings. The molecule has 2 aliphatic rings. The summed E-state index contributed by atoms with van der Waals surface area (Å²) in [6.45, 7) is 0. The standard InChI is InChI=1S/C11H7BrFNO3/c12-5-1-2-6(13)8-7(5)11(10(17)14-8)3-4(11)9(15)16/h1-2,4H,3H2,(H,14,17)(H,15,16). The van der Waals surface area contributed by atoms with Gasteiger partial charge in [-0.2, -0.15) is 0 Å². The number of anilines is 1. The van der Waals surface area contributed by atoms with E-state index >= 15 is 0 Å². The van der Waals surface area contributed by atoms with Crippen LogP contribution < -0.4 is 5.32 Å². The van der Waals surface area contributed by atoms with E-state index in [-0.39, 0.29) is 12.1 Å². The molecule has 0 saturated heterocycles. The first-order chi connectivity index (χ1) is 7.98. The summed E-state index contributed by atoms with van der Waals surface area (Å²) in [5, 5.41) is 11.4. The zero-order valence-electron chi connectivity index (χ0n) is 8.46. The molecular weight excluding hydrogens is 293 g/mol. The third-order valence-electron chi connectivity index (χ3n) is 3.45. The van der Waals surface area contributed by atoms with Crippen molar-refractivity contribution in [1.29, 1.82) is 0 Å². The van der Waals surface area contributed by atoms with E-state index < -0.39 is 29.0 Å². The largest absolute Gasteiger partial charge is 0.481 e. The Morgan fingerprint density at radius 3 is 2.88 bits per heavy atom. The minimum absolute atomic E-state index is 0.105. The third-order valence-corrected chi connectivity index (χ3v) is 4.11. The lowest BCUT2D eigenvalue weighted by atomic mass is 9.94. The van der Waals surface area contributed by atoms with Crippen LogP contribution in [0.15, 0.2) is 16.6 Å². The van der Waals surface area contributed by atoms with Gasteiger partial charge in [-0.25, -0.2) is 4.39 Å². The summed E-state index contributed by atoms with van der Waals surface area (Å²) in [5.74, 6) is -2.75. The summed E-state index contributed by atoms with van der Waals surface area (Å²) < 4.78 is 14.1. The number of carbonyl (C=O) groups is 2. The highest BCUT2D eigenvalue weighted by atomic mass is 79.9. The van der Waals surface area contributed by atoms with Gasteiger partial charge < -0.3 is 10.4 Å². The number of carbonyl (C=O) groups excluding carboxylic acids is 1. The maximum Gasteiger partial charge on any atom is 0.307 e. The normalized spacial score (nSPS) is 29.1. The Bertz CT molecular complexity index is 574. The first kappa shape index (κ1) is 10.7. The number of fused-ring (bicyclic) bond motifs is 2. The van der Waals surface area contributed by atoms with Gasteiger partial charge in [0.2, 0.25) is 5.91 Å². The van der Waals surface area contributed by atoms with Gasteiger partial charge in [-0.15, -0.1) is 0 Å². The molecule has 88 valence electrons. The molecule has 1 spiro atoms. The van der Waals surface area contributed by atoms with E-state index in [1.54, 1.807) is 0 Å². The number of hydrogen-bond donors (Lipinski definition) is 2. The minimum atomic E-state index is -1.08. The Morgan fingerprint density at radius 1 is 1.59 bits per heavy atom. The van der Waals surface area contributed by atoms with Crippen LogP contribution in [0.2, 0.25) is 0 Å². The van der Waals surface area contributed by atoms with Crippen LogP contribution in [0.1, 0.15) is 12.0 Å². The van der Waals surface area contributed by atoms with Gasteiger partial charge in [-0.1, -0.05) is 15.9 Å². The van der Waals surface area contributed by atoms with Crippen LogP contribution in [0, 0.1) is 11.7 Å². The predicted octanol–water partition coefficient (Wildman–Crippen LogP) is 1.88. The summed E-state index contributed by atoms with van der Waals surface area (Å²) in [4.78, 5) is 22.9. The van der Waals surface area contributed by atoms with Gasteiger partial charge in [0.1, 0.15) is 5.82 Å². The Kier molecular flexibility index (Phi) is 1.93. The highest BCUT2D eigenvalue weighted by Gasteiger charge is 2.69. The Hall–Kier alpha value is -1.43. The van der Waals surface area contributed by atoms with E-state index in [0.29, 0.717) is 10.0 Å². The summed E-state index contributed by atoms with van der Waals surface area (Å²) in [6.07, 6.45) is 0.225. The van der Waals surface area contributed by atoms with Crippen LogP contribution in [0.25, 0.3) is 0 Å². The van der Waals surface area contributed by atoms with Crippen molar-refractivity contribution in [2.24, 2.45) is 5.92 Å². The first-order valence-corrected chi connectivity index (χ1v) is 5.80. The van der Waals surface area contributed by atoms with Gasteiger partial charge >= 0.3 is 5.97 Å². The van der Waals surface area contributed by atoms with Crippen molar-refractivity contribution in [1.82, 2.24) is 0 Å². The van der Waals surface area contributed by atoms with E-state index in [9.17, 15) is 14.0 Å². The fourth-order valence-corrected chi connectivity index (χ4v) is 3.22. The number of amides is 1.